The zero-order valence-corrected chi connectivity index (χ0v) is 13.6. The van der Waals surface area contributed by atoms with Crippen molar-refractivity contribution in [3.8, 4) is 11.1 Å². The summed E-state index contributed by atoms with van der Waals surface area (Å²) >= 11 is 0. The number of aromatic nitrogens is 3. The van der Waals surface area contributed by atoms with Crippen molar-refractivity contribution in [2.24, 2.45) is 0 Å². The molecule has 0 radical (unpaired) electrons. The molecule has 26 heavy (non-hydrogen) atoms. The number of benzene rings is 2. The van der Waals surface area contributed by atoms with E-state index in [1.165, 1.54) is 12.1 Å². The molecule has 2 aromatic heterocycles. The summed E-state index contributed by atoms with van der Waals surface area (Å²) in [5, 5.41) is 8.44. The SMILES string of the molecule is N=C(c1nc2c(-c3cccc(F)c3)cncc2[nH]1)c1cc(N)ccc1N. The molecule has 0 aliphatic carbocycles. The van der Waals surface area contributed by atoms with E-state index in [9.17, 15) is 4.39 Å². The largest absolute Gasteiger partial charge is 0.399 e. The molecule has 0 aliphatic heterocycles. The van der Waals surface area contributed by atoms with Crippen molar-refractivity contribution in [2.45, 2.75) is 0 Å². The minimum absolute atomic E-state index is 0.121. The minimum atomic E-state index is -0.337. The van der Waals surface area contributed by atoms with Crippen LogP contribution in [-0.2, 0) is 0 Å². The fourth-order valence-electron chi connectivity index (χ4n) is 2.84. The van der Waals surface area contributed by atoms with Crippen LogP contribution in [0.25, 0.3) is 22.2 Å². The Morgan fingerprint density at radius 2 is 1.92 bits per heavy atom. The molecule has 4 rings (SSSR count). The summed E-state index contributed by atoms with van der Waals surface area (Å²) in [4.78, 5) is 11.8. The lowest BCUT2D eigenvalue weighted by atomic mass is 10.1. The van der Waals surface area contributed by atoms with Crippen LogP contribution in [-0.4, -0.2) is 20.7 Å². The Morgan fingerprint density at radius 3 is 2.73 bits per heavy atom. The highest BCUT2D eigenvalue weighted by atomic mass is 19.1. The molecule has 0 fully saturated rings. The maximum Gasteiger partial charge on any atom is 0.157 e. The molecule has 2 heterocycles. The normalized spacial score (nSPS) is 11.0. The summed E-state index contributed by atoms with van der Waals surface area (Å²) in [6, 6.07) is 11.2. The first-order valence-corrected chi connectivity index (χ1v) is 7.87. The number of hydrogen-bond acceptors (Lipinski definition) is 5. The van der Waals surface area contributed by atoms with E-state index in [2.05, 4.69) is 15.0 Å². The van der Waals surface area contributed by atoms with Crippen molar-refractivity contribution in [3.63, 3.8) is 0 Å². The van der Waals surface area contributed by atoms with Crippen molar-refractivity contribution in [1.29, 1.82) is 5.41 Å². The van der Waals surface area contributed by atoms with Crippen LogP contribution in [0.2, 0.25) is 0 Å². The number of fused-ring (bicyclic) bond motifs is 1. The van der Waals surface area contributed by atoms with Crippen LogP contribution in [0.15, 0.2) is 54.9 Å². The van der Waals surface area contributed by atoms with Gasteiger partial charge in [0.05, 0.1) is 17.2 Å². The Kier molecular flexibility index (Phi) is 3.62. The van der Waals surface area contributed by atoms with Gasteiger partial charge < -0.3 is 16.5 Å². The number of imidazole rings is 1. The molecule has 0 saturated heterocycles. The number of aromatic amines is 1. The second-order valence-corrected chi connectivity index (χ2v) is 5.90. The molecule has 4 aromatic rings. The molecule has 0 bridgehead atoms. The van der Waals surface area contributed by atoms with Gasteiger partial charge in [0.1, 0.15) is 11.5 Å². The average Bonchev–Trinajstić information content (AvgIpc) is 3.07. The van der Waals surface area contributed by atoms with Gasteiger partial charge in [-0.15, -0.1) is 0 Å². The van der Waals surface area contributed by atoms with Crippen molar-refractivity contribution < 1.29 is 4.39 Å². The van der Waals surface area contributed by atoms with Gasteiger partial charge in [-0.05, 0) is 35.9 Å². The van der Waals surface area contributed by atoms with Crippen LogP contribution in [0.5, 0.6) is 0 Å². The molecule has 6 N–H and O–H groups in total. The van der Waals surface area contributed by atoms with Crippen LogP contribution in [0, 0.1) is 11.2 Å². The van der Waals surface area contributed by atoms with Crippen LogP contribution in [0.3, 0.4) is 0 Å². The summed E-state index contributed by atoms with van der Waals surface area (Å²) in [6.07, 6.45) is 3.24. The average molecular weight is 346 g/mol. The van der Waals surface area contributed by atoms with Gasteiger partial charge in [-0.25, -0.2) is 9.37 Å². The van der Waals surface area contributed by atoms with Gasteiger partial charge in [-0.3, -0.25) is 10.4 Å². The van der Waals surface area contributed by atoms with Gasteiger partial charge >= 0.3 is 0 Å². The van der Waals surface area contributed by atoms with Gasteiger partial charge in [0.2, 0.25) is 0 Å². The van der Waals surface area contributed by atoms with E-state index in [1.807, 2.05) is 0 Å². The van der Waals surface area contributed by atoms with Gasteiger partial charge in [-0.2, -0.15) is 0 Å². The number of anilines is 2. The first-order valence-electron chi connectivity index (χ1n) is 7.87. The Balaban J connectivity index is 1.85. The predicted molar refractivity (Wildman–Crippen MR) is 100 cm³/mol. The van der Waals surface area contributed by atoms with Crippen LogP contribution < -0.4 is 11.5 Å². The number of halogens is 1. The highest BCUT2D eigenvalue weighted by Crippen LogP contribution is 2.27. The van der Waals surface area contributed by atoms with E-state index in [4.69, 9.17) is 16.9 Å². The van der Waals surface area contributed by atoms with E-state index in [0.717, 1.165) is 0 Å². The van der Waals surface area contributed by atoms with Crippen molar-refractivity contribution in [1.82, 2.24) is 15.0 Å². The Hall–Kier alpha value is -3.74. The summed E-state index contributed by atoms with van der Waals surface area (Å²) in [5.41, 5.74) is 15.9. The number of rotatable bonds is 3. The summed E-state index contributed by atoms with van der Waals surface area (Å²) in [6.45, 7) is 0. The summed E-state index contributed by atoms with van der Waals surface area (Å²) < 4.78 is 13.6. The van der Waals surface area contributed by atoms with Gasteiger partial charge in [0.15, 0.2) is 5.82 Å². The number of nitrogen functional groups attached to an aromatic ring is 2. The van der Waals surface area contributed by atoms with Crippen LogP contribution >= 0.6 is 0 Å². The fraction of sp³-hybridized carbons (Fsp3) is 0. The second-order valence-electron chi connectivity index (χ2n) is 5.90. The van der Waals surface area contributed by atoms with E-state index >= 15 is 0 Å². The summed E-state index contributed by atoms with van der Waals surface area (Å²) in [7, 11) is 0. The lowest BCUT2D eigenvalue weighted by molar-refractivity contribution is 0.628. The number of nitrogens with two attached hydrogens (primary N) is 2. The number of pyridine rings is 1. The molecule has 0 spiro atoms. The third kappa shape index (κ3) is 2.65. The number of H-pyrrole nitrogens is 1. The molecule has 128 valence electrons. The second kappa shape index (κ2) is 5.96. The smallest absolute Gasteiger partial charge is 0.157 e. The van der Waals surface area contributed by atoms with Gasteiger partial charge in [0.25, 0.3) is 0 Å². The molecular weight excluding hydrogens is 331 g/mol. The molecule has 0 amide bonds. The number of nitrogens with zero attached hydrogens (tertiary/aromatic N) is 2. The van der Waals surface area contributed by atoms with Crippen LogP contribution in [0.4, 0.5) is 15.8 Å². The van der Waals surface area contributed by atoms with Gasteiger partial charge in [0, 0.05) is 28.7 Å². The number of hydrogen-bond donors (Lipinski definition) is 4. The third-order valence-corrected chi connectivity index (χ3v) is 4.11. The number of nitrogens with one attached hydrogen (secondary N) is 2. The summed E-state index contributed by atoms with van der Waals surface area (Å²) in [5.74, 6) is -0.00140. The third-order valence-electron chi connectivity index (χ3n) is 4.11. The zero-order valence-electron chi connectivity index (χ0n) is 13.6. The monoisotopic (exact) mass is 346 g/mol. The highest BCUT2D eigenvalue weighted by molar-refractivity contribution is 6.13. The highest BCUT2D eigenvalue weighted by Gasteiger charge is 2.16. The zero-order chi connectivity index (χ0) is 18.3. The quantitative estimate of drug-likeness (QED) is 0.336. The Labute approximate surface area is 148 Å². The molecule has 0 atom stereocenters. The van der Waals surface area contributed by atoms with Crippen molar-refractivity contribution >= 4 is 28.1 Å². The van der Waals surface area contributed by atoms with Gasteiger partial charge in [-0.1, -0.05) is 12.1 Å². The van der Waals surface area contributed by atoms with Crippen molar-refractivity contribution in [3.05, 3.63) is 72.1 Å². The first-order chi connectivity index (χ1) is 12.5. The Morgan fingerprint density at radius 1 is 1.08 bits per heavy atom. The topological polar surface area (TPSA) is 117 Å². The Bertz CT molecular complexity index is 1150. The molecule has 6 nitrogen and oxygen atoms in total. The van der Waals surface area contributed by atoms with Crippen molar-refractivity contribution in [2.75, 3.05) is 11.5 Å². The molecule has 0 aliphatic rings. The molecule has 2 aromatic carbocycles. The fourth-order valence-corrected chi connectivity index (χ4v) is 2.84. The minimum Gasteiger partial charge on any atom is -0.399 e. The van der Waals surface area contributed by atoms with E-state index in [-0.39, 0.29) is 11.5 Å². The molecule has 7 heteroatoms. The first kappa shape index (κ1) is 15.8. The maximum absolute atomic E-state index is 13.6. The molecule has 0 saturated carbocycles. The van der Waals surface area contributed by atoms with E-state index < -0.39 is 0 Å². The standard InChI is InChI=1S/C19H15FN6/c20-11-3-1-2-10(6-11)14-8-24-9-16-18(14)26-19(25-16)17(23)13-7-12(21)4-5-15(13)22/h1-9,23H,21-22H2,(H,25,26). The lowest BCUT2D eigenvalue weighted by Gasteiger charge is -2.06. The lowest BCUT2D eigenvalue weighted by Crippen LogP contribution is -2.08. The molecule has 0 unspecified atom stereocenters. The maximum atomic E-state index is 13.6. The van der Waals surface area contributed by atoms with Crippen LogP contribution in [0.1, 0.15) is 11.4 Å². The molecular formula is C19H15FN6. The van der Waals surface area contributed by atoms with E-state index in [1.54, 1.807) is 42.7 Å². The predicted octanol–water partition coefficient (Wildman–Crippen LogP) is 3.34. The van der Waals surface area contributed by atoms with E-state index in [0.29, 0.717) is 44.9 Å².